The molecule has 0 aliphatic rings. The highest BCUT2D eigenvalue weighted by Gasteiger charge is 2.05. The van der Waals surface area contributed by atoms with Crippen LogP contribution in [-0.2, 0) is 6.42 Å². The first-order chi connectivity index (χ1) is 9.16. The fourth-order valence-corrected chi connectivity index (χ4v) is 2.54. The molecule has 0 saturated carbocycles. The molecule has 0 aliphatic heterocycles. The van der Waals surface area contributed by atoms with Crippen LogP contribution in [0.25, 0.3) is 0 Å². The largest absolute Gasteiger partial charge is 0.397 e. The van der Waals surface area contributed by atoms with E-state index in [0.29, 0.717) is 0 Å². The summed E-state index contributed by atoms with van der Waals surface area (Å²) in [4.78, 5) is 2.21. The number of hydrogen-bond acceptors (Lipinski definition) is 2. The Morgan fingerprint density at radius 1 is 1.11 bits per heavy atom. The molecule has 0 bridgehead atoms. The van der Waals surface area contributed by atoms with Gasteiger partial charge in [-0.3, -0.25) is 0 Å². The van der Waals surface area contributed by atoms with Gasteiger partial charge < -0.3 is 10.6 Å². The van der Waals surface area contributed by atoms with Gasteiger partial charge in [-0.25, -0.2) is 0 Å². The maximum absolute atomic E-state index is 6.03. The van der Waals surface area contributed by atoms with E-state index in [9.17, 15) is 0 Å². The lowest BCUT2D eigenvalue weighted by Gasteiger charge is -2.21. The van der Waals surface area contributed by atoms with E-state index in [1.54, 1.807) is 0 Å². The number of rotatable bonds is 5. The van der Waals surface area contributed by atoms with Crippen molar-refractivity contribution >= 4 is 27.3 Å². The Morgan fingerprint density at radius 3 is 2.53 bits per heavy atom. The third-order valence-electron chi connectivity index (χ3n) is 3.20. The van der Waals surface area contributed by atoms with Crippen molar-refractivity contribution < 1.29 is 0 Å². The first kappa shape index (κ1) is 13.9. The predicted molar refractivity (Wildman–Crippen MR) is 86.6 cm³/mol. The number of nitrogen functional groups attached to an aromatic ring is 1. The predicted octanol–water partition coefficient (Wildman–Crippen LogP) is 4.10. The summed E-state index contributed by atoms with van der Waals surface area (Å²) in [6.45, 7) is 1.00. The van der Waals surface area contributed by atoms with Gasteiger partial charge in [0, 0.05) is 18.1 Å². The maximum Gasteiger partial charge on any atom is 0.0598 e. The highest BCUT2D eigenvalue weighted by atomic mass is 79.9. The van der Waals surface area contributed by atoms with Crippen LogP contribution in [0.15, 0.2) is 53.0 Å². The van der Waals surface area contributed by atoms with Crippen molar-refractivity contribution in [3.63, 3.8) is 0 Å². The Kier molecular flexibility index (Phi) is 4.86. The molecule has 0 aromatic heterocycles. The zero-order chi connectivity index (χ0) is 13.7. The molecule has 100 valence electrons. The zero-order valence-corrected chi connectivity index (χ0v) is 12.7. The van der Waals surface area contributed by atoms with E-state index in [4.69, 9.17) is 5.73 Å². The second kappa shape index (κ2) is 6.62. The lowest BCUT2D eigenvalue weighted by molar-refractivity contribution is 0.786. The molecule has 0 unspecified atom stereocenters. The van der Waals surface area contributed by atoms with Gasteiger partial charge in [0.1, 0.15) is 0 Å². The second-order valence-corrected chi connectivity index (χ2v) is 5.63. The molecule has 19 heavy (non-hydrogen) atoms. The van der Waals surface area contributed by atoms with E-state index in [1.807, 2.05) is 12.1 Å². The van der Waals surface area contributed by atoms with Crippen molar-refractivity contribution in [2.75, 3.05) is 24.2 Å². The third-order valence-corrected chi connectivity index (χ3v) is 3.70. The van der Waals surface area contributed by atoms with Gasteiger partial charge in [0.15, 0.2) is 0 Å². The Bertz CT molecular complexity index is 526. The summed E-state index contributed by atoms with van der Waals surface area (Å²) in [5.41, 5.74) is 9.33. The number of aryl methyl sites for hydroxylation is 1. The number of halogens is 1. The molecular formula is C16H19BrN2. The first-order valence-electron chi connectivity index (χ1n) is 6.47. The highest BCUT2D eigenvalue weighted by molar-refractivity contribution is 9.10. The minimum absolute atomic E-state index is 0.816. The Balaban J connectivity index is 1.89. The van der Waals surface area contributed by atoms with Crippen molar-refractivity contribution in [1.82, 2.24) is 0 Å². The van der Waals surface area contributed by atoms with Gasteiger partial charge in [0.25, 0.3) is 0 Å². The first-order valence-corrected chi connectivity index (χ1v) is 7.26. The number of hydrogen-bond donors (Lipinski definition) is 1. The van der Waals surface area contributed by atoms with Crippen molar-refractivity contribution in [1.29, 1.82) is 0 Å². The average molecular weight is 319 g/mol. The van der Waals surface area contributed by atoms with Gasteiger partial charge in [-0.15, -0.1) is 0 Å². The lowest BCUT2D eigenvalue weighted by Crippen LogP contribution is -2.20. The molecule has 2 N–H and O–H groups in total. The van der Waals surface area contributed by atoms with Crippen LogP contribution in [0.4, 0.5) is 11.4 Å². The summed E-state index contributed by atoms with van der Waals surface area (Å²) >= 11 is 3.43. The van der Waals surface area contributed by atoms with Gasteiger partial charge in [-0.2, -0.15) is 0 Å². The molecule has 0 heterocycles. The molecule has 0 spiro atoms. The van der Waals surface area contributed by atoms with E-state index >= 15 is 0 Å². The van der Waals surface area contributed by atoms with Gasteiger partial charge in [0.2, 0.25) is 0 Å². The van der Waals surface area contributed by atoms with E-state index in [2.05, 4.69) is 64.3 Å². The Labute approximate surface area is 123 Å². The molecule has 0 aliphatic carbocycles. The third kappa shape index (κ3) is 4.00. The smallest absolute Gasteiger partial charge is 0.0598 e. The monoisotopic (exact) mass is 318 g/mol. The summed E-state index contributed by atoms with van der Waals surface area (Å²) in [5.74, 6) is 0. The highest BCUT2D eigenvalue weighted by Crippen LogP contribution is 2.26. The molecule has 0 radical (unpaired) electrons. The van der Waals surface area contributed by atoms with Crippen LogP contribution in [-0.4, -0.2) is 13.6 Å². The molecular weight excluding hydrogens is 300 g/mol. The molecule has 2 aromatic rings. The fraction of sp³-hybridized carbons (Fsp3) is 0.250. The molecule has 3 heteroatoms. The number of nitrogens with two attached hydrogens (primary N) is 1. The van der Waals surface area contributed by atoms with Crippen LogP contribution in [0.1, 0.15) is 12.0 Å². The average Bonchev–Trinajstić information content (AvgIpc) is 2.39. The van der Waals surface area contributed by atoms with Crippen molar-refractivity contribution in [3.8, 4) is 0 Å². The summed E-state index contributed by atoms with van der Waals surface area (Å²) in [6, 6.07) is 16.6. The maximum atomic E-state index is 6.03. The molecule has 2 nitrogen and oxygen atoms in total. The fourth-order valence-electron chi connectivity index (χ4n) is 2.16. The molecule has 0 saturated heterocycles. The molecule has 2 rings (SSSR count). The van der Waals surface area contributed by atoms with Gasteiger partial charge in [-0.05, 0) is 36.6 Å². The van der Waals surface area contributed by atoms with Crippen LogP contribution in [0.3, 0.4) is 0 Å². The normalized spacial score (nSPS) is 10.4. The van der Waals surface area contributed by atoms with Gasteiger partial charge >= 0.3 is 0 Å². The van der Waals surface area contributed by atoms with Crippen molar-refractivity contribution in [2.24, 2.45) is 0 Å². The Morgan fingerprint density at radius 2 is 1.84 bits per heavy atom. The standard InChI is InChI=1S/C16H19BrN2/c1-19(16-10-9-14(17)12-15(16)18)11-5-8-13-6-3-2-4-7-13/h2-4,6-7,9-10,12H,5,8,11,18H2,1H3. The summed E-state index contributed by atoms with van der Waals surface area (Å²) in [5, 5.41) is 0. The summed E-state index contributed by atoms with van der Waals surface area (Å²) < 4.78 is 1.02. The van der Waals surface area contributed by atoms with Crippen LogP contribution >= 0.6 is 15.9 Å². The van der Waals surface area contributed by atoms with E-state index < -0.39 is 0 Å². The number of anilines is 2. The van der Waals surface area contributed by atoms with Crippen LogP contribution in [0.2, 0.25) is 0 Å². The number of benzene rings is 2. The van der Waals surface area contributed by atoms with E-state index in [0.717, 1.165) is 35.2 Å². The summed E-state index contributed by atoms with van der Waals surface area (Å²) in [7, 11) is 2.09. The van der Waals surface area contributed by atoms with Gasteiger partial charge in [-0.1, -0.05) is 46.3 Å². The molecule has 2 aromatic carbocycles. The zero-order valence-electron chi connectivity index (χ0n) is 11.1. The lowest BCUT2D eigenvalue weighted by atomic mass is 10.1. The second-order valence-electron chi connectivity index (χ2n) is 4.71. The van der Waals surface area contributed by atoms with Crippen LogP contribution in [0.5, 0.6) is 0 Å². The topological polar surface area (TPSA) is 29.3 Å². The summed E-state index contributed by atoms with van der Waals surface area (Å²) in [6.07, 6.45) is 2.22. The molecule has 0 amide bonds. The van der Waals surface area contributed by atoms with E-state index in [1.165, 1.54) is 5.56 Å². The molecule has 0 fully saturated rings. The SMILES string of the molecule is CN(CCCc1ccccc1)c1ccc(Br)cc1N. The number of nitrogens with zero attached hydrogens (tertiary/aromatic N) is 1. The van der Waals surface area contributed by atoms with Crippen molar-refractivity contribution in [3.05, 3.63) is 58.6 Å². The molecule has 0 atom stereocenters. The van der Waals surface area contributed by atoms with E-state index in [-0.39, 0.29) is 0 Å². The van der Waals surface area contributed by atoms with Crippen molar-refractivity contribution in [2.45, 2.75) is 12.8 Å². The quantitative estimate of drug-likeness (QED) is 0.841. The minimum Gasteiger partial charge on any atom is -0.397 e. The minimum atomic E-state index is 0.816. The Hall–Kier alpha value is -1.48. The van der Waals surface area contributed by atoms with Crippen LogP contribution < -0.4 is 10.6 Å². The van der Waals surface area contributed by atoms with Crippen LogP contribution in [0, 0.1) is 0 Å². The van der Waals surface area contributed by atoms with Gasteiger partial charge in [0.05, 0.1) is 11.4 Å².